The van der Waals surface area contributed by atoms with Crippen molar-refractivity contribution in [2.24, 2.45) is 4.99 Å². The number of pyridine rings is 1. The van der Waals surface area contributed by atoms with Gasteiger partial charge in [-0.15, -0.1) is 0 Å². The van der Waals surface area contributed by atoms with Gasteiger partial charge < -0.3 is 9.84 Å². The molecule has 0 aliphatic heterocycles. The highest BCUT2D eigenvalue weighted by molar-refractivity contribution is 6.02. The molecule has 0 radical (unpaired) electrons. The van der Waals surface area contributed by atoms with Crippen molar-refractivity contribution in [1.82, 2.24) is 14.3 Å². The van der Waals surface area contributed by atoms with E-state index in [1.165, 1.54) is 4.57 Å². The summed E-state index contributed by atoms with van der Waals surface area (Å²) in [6, 6.07) is 24.5. The lowest BCUT2D eigenvalue weighted by Gasteiger charge is -2.14. The zero-order chi connectivity index (χ0) is 25.2. The van der Waals surface area contributed by atoms with Gasteiger partial charge in [0.15, 0.2) is 5.82 Å². The number of nitrogens with zero attached hydrogens (tertiary/aromatic N) is 4. The summed E-state index contributed by atoms with van der Waals surface area (Å²) in [6.45, 7) is 4.15. The number of rotatable bonds is 6. The van der Waals surface area contributed by atoms with E-state index in [1.54, 1.807) is 24.1 Å². The van der Waals surface area contributed by atoms with Gasteiger partial charge in [-0.25, -0.2) is 9.67 Å². The maximum Gasteiger partial charge on any atom is 0.261 e. The van der Waals surface area contributed by atoms with Crippen molar-refractivity contribution in [2.75, 3.05) is 7.11 Å². The summed E-state index contributed by atoms with van der Waals surface area (Å²) in [5.74, 6) is 1.20. The number of aryl methyl sites for hydroxylation is 2. The molecule has 7 nitrogen and oxygen atoms in total. The minimum Gasteiger partial charge on any atom is -0.497 e. The zero-order valence-corrected chi connectivity index (χ0v) is 20.3. The maximum absolute atomic E-state index is 13.3. The predicted octanol–water partition coefficient (Wildman–Crippen LogP) is 5.32. The number of aromatic hydroxyl groups is 1. The third kappa shape index (κ3) is 4.38. The lowest BCUT2D eigenvalue weighted by atomic mass is 10.1. The Hall–Kier alpha value is -4.65. The number of aliphatic imine (C=N–C) groups is 1. The van der Waals surface area contributed by atoms with Crippen LogP contribution in [0.2, 0.25) is 0 Å². The summed E-state index contributed by atoms with van der Waals surface area (Å²) in [4.78, 5) is 18.0. The molecule has 0 saturated heterocycles. The molecule has 36 heavy (non-hydrogen) atoms. The molecule has 0 atom stereocenters. The molecule has 0 fully saturated rings. The Kier molecular flexibility index (Phi) is 6.12. The van der Waals surface area contributed by atoms with Gasteiger partial charge in [0.1, 0.15) is 5.75 Å². The van der Waals surface area contributed by atoms with Crippen LogP contribution < -0.4 is 10.3 Å². The average Bonchev–Trinajstić information content (AvgIpc) is 3.27. The van der Waals surface area contributed by atoms with Gasteiger partial charge in [0.25, 0.3) is 5.56 Å². The van der Waals surface area contributed by atoms with Crippen LogP contribution >= 0.6 is 0 Å². The van der Waals surface area contributed by atoms with Crippen molar-refractivity contribution in [2.45, 2.75) is 20.4 Å². The fraction of sp³-hybridized carbons (Fsp3) is 0.138. The van der Waals surface area contributed by atoms with E-state index in [-0.39, 0.29) is 18.0 Å². The first-order chi connectivity index (χ1) is 17.4. The monoisotopic (exact) mass is 478 g/mol. The van der Waals surface area contributed by atoms with Gasteiger partial charge >= 0.3 is 0 Å². The molecule has 0 aliphatic carbocycles. The van der Waals surface area contributed by atoms with E-state index < -0.39 is 0 Å². The number of methoxy groups -OCH3 is 1. The molecule has 5 aromatic rings. The highest BCUT2D eigenvalue weighted by Crippen LogP contribution is 2.26. The molecule has 180 valence electrons. The second kappa shape index (κ2) is 9.54. The summed E-state index contributed by atoms with van der Waals surface area (Å²) in [5.41, 5.74) is 3.89. The molecule has 3 aromatic carbocycles. The Balaban J connectivity index is 1.62. The van der Waals surface area contributed by atoms with Crippen LogP contribution in [0.1, 0.15) is 22.4 Å². The van der Waals surface area contributed by atoms with Gasteiger partial charge in [-0.05, 0) is 55.3 Å². The highest BCUT2D eigenvalue weighted by atomic mass is 16.5. The zero-order valence-electron chi connectivity index (χ0n) is 20.3. The Morgan fingerprint density at radius 1 is 0.972 bits per heavy atom. The van der Waals surface area contributed by atoms with E-state index in [9.17, 15) is 9.90 Å². The molecular formula is C29H26N4O3. The van der Waals surface area contributed by atoms with Crippen molar-refractivity contribution >= 4 is 22.8 Å². The van der Waals surface area contributed by atoms with E-state index in [1.807, 2.05) is 86.6 Å². The van der Waals surface area contributed by atoms with Crippen LogP contribution in [0.5, 0.6) is 11.6 Å². The molecular weight excluding hydrogens is 452 g/mol. The average molecular weight is 479 g/mol. The van der Waals surface area contributed by atoms with Crippen LogP contribution in [0, 0.1) is 13.8 Å². The first-order valence-electron chi connectivity index (χ1n) is 11.6. The smallest absolute Gasteiger partial charge is 0.261 e. The van der Waals surface area contributed by atoms with Crippen LogP contribution in [0.3, 0.4) is 0 Å². The number of fused-ring (bicyclic) bond motifs is 1. The standard InChI is InChI=1S/C29H26N4O3/c1-19-7-6-8-22(15-19)33-27(16-20(2)31-33)30-17-26-24-9-4-5-10-25(24)28(34)32(29(26)35)18-21-11-13-23(36-3)14-12-21/h4-17,35H,18H2,1-3H3/b30-17+. The Morgan fingerprint density at radius 2 is 1.72 bits per heavy atom. The van der Waals surface area contributed by atoms with Crippen molar-refractivity contribution in [3.05, 3.63) is 112 Å². The van der Waals surface area contributed by atoms with E-state index in [2.05, 4.69) is 5.10 Å². The van der Waals surface area contributed by atoms with Gasteiger partial charge in [0.2, 0.25) is 5.88 Å². The maximum atomic E-state index is 13.3. The molecule has 0 aliphatic rings. The van der Waals surface area contributed by atoms with Crippen LogP contribution in [-0.4, -0.2) is 32.8 Å². The van der Waals surface area contributed by atoms with Gasteiger partial charge in [-0.3, -0.25) is 9.36 Å². The highest BCUT2D eigenvalue weighted by Gasteiger charge is 2.16. The predicted molar refractivity (Wildman–Crippen MR) is 142 cm³/mol. The second-order valence-electron chi connectivity index (χ2n) is 8.68. The Bertz CT molecular complexity index is 1650. The van der Waals surface area contributed by atoms with Crippen LogP contribution in [0.4, 0.5) is 5.82 Å². The van der Waals surface area contributed by atoms with Crippen LogP contribution in [0.15, 0.2) is 88.6 Å². The Labute approximate surface area is 208 Å². The van der Waals surface area contributed by atoms with Crippen LogP contribution in [-0.2, 0) is 6.54 Å². The van der Waals surface area contributed by atoms with Gasteiger partial charge in [-0.2, -0.15) is 5.10 Å². The summed E-state index contributed by atoms with van der Waals surface area (Å²) in [6.07, 6.45) is 1.60. The summed E-state index contributed by atoms with van der Waals surface area (Å²) in [7, 11) is 1.60. The number of hydrogen-bond acceptors (Lipinski definition) is 5. The lowest BCUT2D eigenvalue weighted by Crippen LogP contribution is -2.22. The van der Waals surface area contributed by atoms with Crippen molar-refractivity contribution < 1.29 is 9.84 Å². The van der Waals surface area contributed by atoms with Gasteiger partial charge in [0, 0.05) is 23.1 Å². The second-order valence-corrected chi connectivity index (χ2v) is 8.68. The fourth-order valence-corrected chi connectivity index (χ4v) is 4.26. The first-order valence-corrected chi connectivity index (χ1v) is 11.6. The largest absolute Gasteiger partial charge is 0.497 e. The van der Waals surface area contributed by atoms with Gasteiger partial charge in [0.05, 0.1) is 30.6 Å². The molecule has 1 N–H and O–H groups in total. The van der Waals surface area contributed by atoms with Crippen molar-refractivity contribution in [3.8, 4) is 17.3 Å². The van der Waals surface area contributed by atoms with Crippen molar-refractivity contribution in [3.63, 3.8) is 0 Å². The molecule has 7 heteroatoms. The molecule has 0 unspecified atom stereocenters. The molecule has 0 spiro atoms. The summed E-state index contributed by atoms with van der Waals surface area (Å²) in [5, 5.41) is 17.0. The number of aromatic nitrogens is 3. The van der Waals surface area contributed by atoms with Gasteiger partial charge in [-0.1, -0.05) is 42.5 Å². The third-order valence-electron chi connectivity index (χ3n) is 6.07. The van der Waals surface area contributed by atoms with E-state index in [0.29, 0.717) is 22.2 Å². The quantitative estimate of drug-likeness (QED) is 0.335. The Morgan fingerprint density at radius 3 is 2.44 bits per heavy atom. The number of ether oxygens (including phenoxy) is 1. The summed E-state index contributed by atoms with van der Waals surface area (Å²) < 4.78 is 8.36. The SMILES string of the molecule is COc1ccc(Cn2c(O)c(/C=N/c3cc(C)nn3-c3cccc(C)c3)c3ccccc3c2=O)cc1. The molecule has 5 rings (SSSR count). The molecule has 2 aromatic heterocycles. The number of hydrogen-bond donors (Lipinski definition) is 1. The topological polar surface area (TPSA) is 81.6 Å². The minimum absolute atomic E-state index is 0.142. The third-order valence-corrected chi connectivity index (χ3v) is 6.07. The lowest BCUT2D eigenvalue weighted by molar-refractivity contribution is 0.412. The normalized spacial score (nSPS) is 11.4. The summed E-state index contributed by atoms with van der Waals surface area (Å²) >= 11 is 0. The molecule has 0 bridgehead atoms. The molecule has 2 heterocycles. The van der Waals surface area contributed by atoms with E-state index in [4.69, 9.17) is 9.73 Å². The first kappa shape index (κ1) is 23.1. The van der Waals surface area contributed by atoms with Crippen LogP contribution in [0.25, 0.3) is 16.5 Å². The molecule has 0 saturated carbocycles. The van der Waals surface area contributed by atoms with E-state index in [0.717, 1.165) is 28.3 Å². The number of benzene rings is 3. The fourth-order valence-electron chi connectivity index (χ4n) is 4.26. The van der Waals surface area contributed by atoms with E-state index >= 15 is 0 Å². The van der Waals surface area contributed by atoms with Crippen molar-refractivity contribution in [1.29, 1.82) is 0 Å². The minimum atomic E-state index is -0.267. The molecule has 0 amide bonds.